The Hall–Kier alpha value is -2.28. The van der Waals surface area contributed by atoms with Crippen LogP contribution in [0.5, 0.6) is 0 Å². The highest BCUT2D eigenvalue weighted by molar-refractivity contribution is 7.89. The number of ketones is 1. The summed E-state index contributed by atoms with van der Waals surface area (Å²) in [7, 11) is -3.54. The van der Waals surface area contributed by atoms with Crippen molar-refractivity contribution in [3.8, 4) is 0 Å². The van der Waals surface area contributed by atoms with Crippen LogP contribution in [0.1, 0.15) is 30.0 Å². The molecule has 5 nitrogen and oxygen atoms in total. The van der Waals surface area contributed by atoms with E-state index in [0.717, 1.165) is 31.6 Å². The number of allylic oxidation sites excluding steroid dienone is 1. The Bertz CT molecular complexity index is 989. The second kappa shape index (κ2) is 10.2. The van der Waals surface area contributed by atoms with Crippen LogP contribution < -0.4 is 0 Å². The van der Waals surface area contributed by atoms with Gasteiger partial charge in [0.25, 0.3) is 0 Å². The molecule has 0 bridgehead atoms. The van der Waals surface area contributed by atoms with Crippen molar-refractivity contribution in [2.75, 3.05) is 32.7 Å². The lowest BCUT2D eigenvalue weighted by Crippen LogP contribution is -2.49. The van der Waals surface area contributed by atoms with Gasteiger partial charge in [-0.25, -0.2) is 8.42 Å². The summed E-state index contributed by atoms with van der Waals surface area (Å²) in [4.78, 5) is 14.1. The Morgan fingerprint density at radius 1 is 1.03 bits per heavy atom. The van der Waals surface area contributed by atoms with E-state index in [0.29, 0.717) is 19.5 Å². The monoisotopic (exact) mass is 426 g/mol. The highest BCUT2D eigenvalue weighted by Gasteiger charge is 2.28. The van der Waals surface area contributed by atoms with Crippen molar-refractivity contribution in [2.45, 2.75) is 31.6 Å². The molecule has 0 saturated carbocycles. The molecule has 30 heavy (non-hydrogen) atoms. The minimum atomic E-state index is -3.54. The first-order valence-electron chi connectivity index (χ1n) is 10.5. The van der Waals surface area contributed by atoms with Crippen LogP contribution in [0.3, 0.4) is 0 Å². The Morgan fingerprint density at radius 2 is 1.73 bits per heavy atom. The van der Waals surface area contributed by atoms with E-state index < -0.39 is 10.0 Å². The lowest BCUT2D eigenvalue weighted by molar-refractivity contribution is -0.114. The molecule has 2 aromatic rings. The molecule has 3 rings (SSSR count). The summed E-state index contributed by atoms with van der Waals surface area (Å²) < 4.78 is 27.7. The number of rotatable bonds is 8. The number of piperazine rings is 1. The van der Waals surface area contributed by atoms with Gasteiger partial charge < -0.3 is 4.90 Å². The van der Waals surface area contributed by atoms with Gasteiger partial charge in [-0.2, -0.15) is 4.31 Å². The van der Waals surface area contributed by atoms with Crippen molar-refractivity contribution in [1.82, 2.24) is 9.21 Å². The van der Waals surface area contributed by atoms with Gasteiger partial charge in [0.1, 0.15) is 0 Å². The smallest absolute Gasteiger partial charge is 0.243 e. The van der Waals surface area contributed by atoms with E-state index in [-0.39, 0.29) is 10.7 Å². The van der Waals surface area contributed by atoms with Gasteiger partial charge in [-0.05, 0) is 42.7 Å². The maximum atomic E-state index is 13.1. The van der Waals surface area contributed by atoms with E-state index in [1.165, 1.54) is 17.2 Å². The fourth-order valence-corrected chi connectivity index (χ4v) is 4.95. The van der Waals surface area contributed by atoms with E-state index >= 15 is 0 Å². The lowest BCUT2D eigenvalue weighted by Gasteiger charge is -2.34. The van der Waals surface area contributed by atoms with Gasteiger partial charge in [0.2, 0.25) is 10.0 Å². The molecule has 0 atom stereocenters. The SMILES string of the molecule is CCC(=O)/C=C/c1cccc(S(=O)(=O)N2CCN(CCc3ccc(C)cc3)CC2)c1. The predicted octanol–water partition coefficient (Wildman–Crippen LogP) is 3.54. The van der Waals surface area contributed by atoms with Crippen LogP contribution in [0.25, 0.3) is 6.08 Å². The van der Waals surface area contributed by atoms with Gasteiger partial charge in [0.05, 0.1) is 4.90 Å². The summed E-state index contributed by atoms with van der Waals surface area (Å²) in [5.74, 6) is 0.0185. The van der Waals surface area contributed by atoms with E-state index in [2.05, 4.69) is 36.1 Å². The van der Waals surface area contributed by atoms with Gasteiger partial charge >= 0.3 is 0 Å². The van der Waals surface area contributed by atoms with Crippen LogP contribution in [0, 0.1) is 6.92 Å². The third kappa shape index (κ3) is 5.88. The zero-order valence-electron chi connectivity index (χ0n) is 17.8. The second-order valence-electron chi connectivity index (χ2n) is 7.71. The van der Waals surface area contributed by atoms with Crippen molar-refractivity contribution < 1.29 is 13.2 Å². The largest absolute Gasteiger partial charge is 0.300 e. The van der Waals surface area contributed by atoms with E-state index in [4.69, 9.17) is 0 Å². The molecule has 6 heteroatoms. The first-order valence-corrected chi connectivity index (χ1v) is 11.9. The van der Waals surface area contributed by atoms with Crippen LogP contribution in [0.2, 0.25) is 0 Å². The third-order valence-corrected chi connectivity index (χ3v) is 7.37. The summed E-state index contributed by atoms with van der Waals surface area (Å²) in [5, 5.41) is 0. The van der Waals surface area contributed by atoms with Crippen LogP contribution in [0.15, 0.2) is 59.5 Å². The van der Waals surface area contributed by atoms with Crippen molar-refractivity contribution in [1.29, 1.82) is 0 Å². The number of carbonyl (C=O) groups excluding carboxylic acids is 1. The molecule has 0 aliphatic carbocycles. The molecule has 1 aliphatic rings. The number of aryl methyl sites for hydroxylation is 1. The third-order valence-electron chi connectivity index (χ3n) is 5.47. The summed E-state index contributed by atoms with van der Waals surface area (Å²) in [6.45, 7) is 7.26. The molecular weight excluding hydrogens is 396 g/mol. The normalized spacial score (nSPS) is 16.2. The molecule has 0 amide bonds. The fraction of sp³-hybridized carbons (Fsp3) is 0.375. The Labute approximate surface area is 180 Å². The molecule has 0 radical (unpaired) electrons. The molecule has 0 N–H and O–H groups in total. The fourth-order valence-electron chi connectivity index (χ4n) is 3.47. The zero-order valence-corrected chi connectivity index (χ0v) is 18.6. The minimum absolute atomic E-state index is 0.0185. The second-order valence-corrected chi connectivity index (χ2v) is 9.64. The Balaban J connectivity index is 1.58. The number of nitrogens with zero attached hydrogens (tertiary/aromatic N) is 2. The first kappa shape index (κ1) is 22.4. The average Bonchev–Trinajstić information content (AvgIpc) is 2.77. The van der Waals surface area contributed by atoms with Crippen molar-refractivity contribution in [3.63, 3.8) is 0 Å². The molecular formula is C24H30N2O3S. The Morgan fingerprint density at radius 3 is 2.40 bits per heavy atom. The molecule has 0 unspecified atom stereocenters. The summed E-state index contributed by atoms with van der Waals surface area (Å²) in [5.41, 5.74) is 3.28. The Kier molecular flexibility index (Phi) is 7.58. The highest BCUT2D eigenvalue weighted by atomic mass is 32.2. The highest BCUT2D eigenvalue weighted by Crippen LogP contribution is 2.20. The first-order chi connectivity index (χ1) is 14.4. The van der Waals surface area contributed by atoms with Gasteiger partial charge in [-0.1, -0.05) is 55.0 Å². The predicted molar refractivity (Wildman–Crippen MR) is 121 cm³/mol. The van der Waals surface area contributed by atoms with Gasteiger partial charge in [0.15, 0.2) is 5.78 Å². The lowest BCUT2D eigenvalue weighted by atomic mass is 10.1. The molecule has 0 spiro atoms. The molecule has 1 fully saturated rings. The average molecular weight is 427 g/mol. The number of hydrogen-bond acceptors (Lipinski definition) is 4. The zero-order chi connectivity index (χ0) is 21.6. The minimum Gasteiger partial charge on any atom is -0.300 e. The van der Waals surface area contributed by atoms with Crippen LogP contribution in [0.4, 0.5) is 0 Å². The molecule has 0 aromatic heterocycles. The quantitative estimate of drug-likeness (QED) is 0.606. The topological polar surface area (TPSA) is 57.7 Å². The maximum Gasteiger partial charge on any atom is 0.243 e. The van der Waals surface area contributed by atoms with Crippen LogP contribution in [-0.2, 0) is 21.2 Å². The summed E-state index contributed by atoms with van der Waals surface area (Å²) in [6.07, 6.45) is 4.58. The van der Waals surface area contributed by atoms with Crippen LogP contribution >= 0.6 is 0 Å². The maximum absolute atomic E-state index is 13.1. The van der Waals surface area contributed by atoms with Crippen LogP contribution in [-0.4, -0.2) is 56.1 Å². The molecule has 1 saturated heterocycles. The molecule has 1 aliphatic heterocycles. The van der Waals surface area contributed by atoms with Gasteiger partial charge in [-0.15, -0.1) is 0 Å². The van der Waals surface area contributed by atoms with Crippen molar-refractivity contribution in [2.24, 2.45) is 0 Å². The van der Waals surface area contributed by atoms with Crippen molar-refractivity contribution in [3.05, 3.63) is 71.3 Å². The molecule has 160 valence electrons. The van der Waals surface area contributed by atoms with E-state index in [1.54, 1.807) is 35.5 Å². The number of benzene rings is 2. The summed E-state index contributed by atoms with van der Waals surface area (Å²) in [6, 6.07) is 15.4. The van der Waals surface area contributed by atoms with E-state index in [1.807, 2.05) is 6.07 Å². The molecule has 1 heterocycles. The van der Waals surface area contributed by atoms with Crippen molar-refractivity contribution >= 4 is 21.9 Å². The number of sulfonamides is 1. The standard InChI is InChI=1S/C24H30N2O3S/c1-3-23(27)12-11-22-5-4-6-24(19-22)30(28,29)26-17-15-25(16-18-26)14-13-21-9-7-20(2)8-10-21/h4-12,19H,3,13-18H2,1-2H3/b12-11+. The number of carbonyl (C=O) groups is 1. The van der Waals surface area contributed by atoms with Gasteiger partial charge in [0, 0.05) is 39.1 Å². The summed E-state index contributed by atoms with van der Waals surface area (Å²) >= 11 is 0. The van der Waals surface area contributed by atoms with Gasteiger partial charge in [-0.3, -0.25) is 4.79 Å². The number of hydrogen-bond donors (Lipinski definition) is 0. The molecule has 2 aromatic carbocycles. The van der Waals surface area contributed by atoms with E-state index in [9.17, 15) is 13.2 Å².